The first-order valence-electron chi connectivity index (χ1n) is 8.24. The van der Waals surface area contributed by atoms with Gasteiger partial charge in [-0.2, -0.15) is 0 Å². The molecule has 1 N–H and O–H groups in total. The number of fused-ring (bicyclic) bond motifs is 3. The van der Waals surface area contributed by atoms with E-state index in [0.717, 1.165) is 22.2 Å². The number of aliphatic hydroxyl groups excluding tert-OH is 1. The Hall–Kier alpha value is -1.50. The maximum Gasteiger partial charge on any atom is 0.252 e. The summed E-state index contributed by atoms with van der Waals surface area (Å²) in [7, 11) is 1.62. The van der Waals surface area contributed by atoms with Crippen LogP contribution >= 0.6 is 0 Å². The number of benzene rings is 1. The molecule has 4 nitrogen and oxygen atoms in total. The first kappa shape index (κ1) is 17.3. The van der Waals surface area contributed by atoms with Gasteiger partial charge in [-0.1, -0.05) is 6.07 Å². The molecule has 1 heterocycles. The van der Waals surface area contributed by atoms with E-state index in [-0.39, 0.29) is 19.4 Å². The molecule has 0 atom stereocenters. The Morgan fingerprint density at radius 3 is 2.83 bits per heavy atom. The molecule has 2 aromatic rings. The summed E-state index contributed by atoms with van der Waals surface area (Å²) in [6, 6.07) is 5.58. The van der Waals surface area contributed by atoms with Crippen molar-refractivity contribution < 1.29 is 23.4 Å². The first-order valence-corrected chi connectivity index (χ1v) is 8.24. The summed E-state index contributed by atoms with van der Waals surface area (Å²) in [5.74, 6) is -2.66. The van der Waals surface area contributed by atoms with E-state index in [9.17, 15) is 13.9 Å². The second kappa shape index (κ2) is 7.17. The van der Waals surface area contributed by atoms with Gasteiger partial charge in [-0.15, -0.1) is 0 Å². The fourth-order valence-corrected chi connectivity index (χ4v) is 3.41. The van der Waals surface area contributed by atoms with Crippen molar-refractivity contribution in [3.63, 3.8) is 0 Å². The quantitative estimate of drug-likeness (QED) is 0.789. The topological polar surface area (TPSA) is 43.6 Å². The molecule has 0 aliphatic heterocycles. The van der Waals surface area contributed by atoms with E-state index in [1.165, 1.54) is 0 Å². The maximum absolute atomic E-state index is 13.9. The predicted molar refractivity (Wildman–Crippen MR) is 87.5 cm³/mol. The largest absolute Gasteiger partial charge is 0.392 e. The number of halogens is 2. The van der Waals surface area contributed by atoms with Crippen LogP contribution < -0.4 is 0 Å². The number of aliphatic hydroxyl groups is 1. The summed E-state index contributed by atoms with van der Waals surface area (Å²) in [6.45, 7) is 2.10. The van der Waals surface area contributed by atoms with Gasteiger partial charge in [-0.25, -0.2) is 8.78 Å². The van der Waals surface area contributed by atoms with E-state index >= 15 is 0 Å². The number of rotatable bonds is 7. The highest BCUT2D eigenvalue weighted by Gasteiger charge is 2.37. The van der Waals surface area contributed by atoms with Crippen molar-refractivity contribution in [1.82, 2.24) is 4.57 Å². The lowest BCUT2D eigenvalue weighted by atomic mass is 9.92. The van der Waals surface area contributed by atoms with Crippen LogP contribution in [0.25, 0.3) is 10.9 Å². The molecule has 0 spiro atoms. The zero-order valence-electron chi connectivity index (χ0n) is 13.9. The third-order valence-corrected chi connectivity index (χ3v) is 4.59. The van der Waals surface area contributed by atoms with Crippen molar-refractivity contribution in [1.29, 1.82) is 0 Å². The summed E-state index contributed by atoms with van der Waals surface area (Å²) >= 11 is 0. The highest BCUT2D eigenvalue weighted by Crippen LogP contribution is 2.39. The zero-order chi connectivity index (χ0) is 17.2. The molecular weight excluding hydrogens is 316 g/mol. The van der Waals surface area contributed by atoms with E-state index in [1.54, 1.807) is 7.11 Å². The third kappa shape index (κ3) is 3.45. The van der Waals surface area contributed by atoms with Crippen molar-refractivity contribution in [2.45, 2.75) is 38.3 Å². The van der Waals surface area contributed by atoms with Gasteiger partial charge in [0.1, 0.15) is 0 Å². The van der Waals surface area contributed by atoms with Gasteiger partial charge in [0.05, 0.1) is 26.4 Å². The standard InChI is InChI=1S/C18H23F2NO3/c1-23-8-9-24-7-6-21-16-3-2-13(12-22)10-14(16)15-11-18(19,20)5-4-17(15)21/h2-3,10,22H,4-9,11-12H2,1H3. The molecule has 1 aliphatic rings. The maximum atomic E-state index is 13.9. The second-order valence-electron chi connectivity index (χ2n) is 6.22. The van der Waals surface area contributed by atoms with Crippen LogP contribution in [0, 0.1) is 0 Å². The summed E-state index contributed by atoms with van der Waals surface area (Å²) in [6.07, 6.45) is 0.0164. The van der Waals surface area contributed by atoms with Crippen LogP contribution in [-0.2, 0) is 35.5 Å². The molecule has 6 heteroatoms. The molecule has 0 radical (unpaired) electrons. The molecule has 0 bridgehead atoms. The van der Waals surface area contributed by atoms with Crippen LogP contribution in [0.2, 0.25) is 0 Å². The Bertz CT molecular complexity index is 712. The molecule has 0 fully saturated rings. The Balaban J connectivity index is 1.93. The number of nitrogens with zero attached hydrogens (tertiary/aromatic N) is 1. The molecule has 0 saturated carbocycles. The molecule has 0 unspecified atom stereocenters. The van der Waals surface area contributed by atoms with Crippen molar-refractivity contribution in [2.24, 2.45) is 0 Å². The normalized spacial score (nSPS) is 16.5. The zero-order valence-corrected chi connectivity index (χ0v) is 13.9. The average Bonchev–Trinajstić information content (AvgIpc) is 2.86. The number of methoxy groups -OCH3 is 1. The van der Waals surface area contributed by atoms with E-state index in [1.807, 2.05) is 18.2 Å². The van der Waals surface area contributed by atoms with Crippen LogP contribution in [-0.4, -0.2) is 42.5 Å². The molecule has 0 saturated heterocycles. The van der Waals surface area contributed by atoms with Gasteiger partial charge < -0.3 is 19.1 Å². The smallest absolute Gasteiger partial charge is 0.252 e. The van der Waals surface area contributed by atoms with E-state index in [0.29, 0.717) is 38.3 Å². The molecule has 3 rings (SSSR count). The van der Waals surface area contributed by atoms with Crippen molar-refractivity contribution >= 4 is 10.9 Å². The van der Waals surface area contributed by atoms with Gasteiger partial charge in [0.15, 0.2) is 0 Å². The van der Waals surface area contributed by atoms with Gasteiger partial charge in [0.25, 0.3) is 5.92 Å². The van der Waals surface area contributed by atoms with Crippen molar-refractivity contribution in [2.75, 3.05) is 26.9 Å². The van der Waals surface area contributed by atoms with Gasteiger partial charge in [-0.3, -0.25) is 0 Å². The molecular formula is C18H23F2NO3. The second-order valence-corrected chi connectivity index (χ2v) is 6.22. The highest BCUT2D eigenvalue weighted by atomic mass is 19.3. The Labute approximate surface area is 140 Å². The lowest BCUT2D eigenvalue weighted by molar-refractivity contribution is -0.0127. The lowest BCUT2D eigenvalue weighted by Crippen LogP contribution is -2.27. The van der Waals surface area contributed by atoms with Crippen LogP contribution in [0.4, 0.5) is 8.78 Å². The van der Waals surface area contributed by atoms with E-state index in [4.69, 9.17) is 9.47 Å². The fourth-order valence-electron chi connectivity index (χ4n) is 3.41. The summed E-state index contributed by atoms with van der Waals surface area (Å²) in [5, 5.41) is 10.2. The minimum atomic E-state index is -2.66. The van der Waals surface area contributed by atoms with Gasteiger partial charge in [0, 0.05) is 43.1 Å². The van der Waals surface area contributed by atoms with Gasteiger partial charge in [-0.05, 0) is 29.7 Å². The number of ether oxygens (including phenoxy) is 2. The molecule has 1 aliphatic carbocycles. The molecule has 1 aromatic carbocycles. The number of hydrogen-bond donors (Lipinski definition) is 1. The molecule has 0 amide bonds. The third-order valence-electron chi connectivity index (χ3n) is 4.59. The van der Waals surface area contributed by atoms with Crippen molar-refractivity contribution in [3.05, 3.63) is 35.0 Å². The predicted octanol–water partition coefficient (Wildman–Crippen LogP) is 2.92. The molecule has 24 heavy (non-hydrogen) atoms. The van der Waals surface area contributed by atoms with E-state index in [2.05, 4.69) is 4.57 Å². The van der Waals surface area contributed by atoms with Crippen LogP contribution in [0.5, 0.6) is 0 Å². The summed E-state index contributed by atoms with van der Waals surface area (Å²) in [4.78, 5) is 0. The van der Waals surface area contributed by atoms with Gasteiger partial charge >= 0.3 is 0 Å². The Morgan fingerprint density at radius 2 is 2.08 bits per heavy atom. The van der Waals surface area contributed by atoms with Crippen LogP contribution in [0.15, 0.2) is 18.2 Å². The monoisotopic (exact) mass is 339 g/mol. The van der Waals surface area contributed by atoms with Crippen molar-refractivity contribution in [3.8, 4) is 0 Å². The SMILES string of the molecule is COCCOCCn1c2c(c3cc(CO)ccc31)CC(F)(F)CC2. The lowest BCUT2D eigenvalue weighted by Gasteiger charge is -2.23. The summed E-state index contributed by atoms with van der Waals surface area (Å²) in [5.41, 5.74) is 3.37. The minimum Gasteiger partial charge on any atom is -0.392 e. The fraction of sp³-hybridized carbons (Fsp3) is 0.556. The van der Waals surface area contributed by atoms with Crippen LogP contribution in [0.1, 0.15) is 23.2 Å². The van der Waals surface area contributed by atoms with Gasteiger partial charge in [0.2, 0.25) is 0 Å². The minimum absolute atomic E-state index is 0.0909. The number of aromatic nitrogens is 1. The first-order chi connectivity index (χ1) is 11.6. The number of alkyl halides is 2. The van der Waals surface area contributed by atoms with E-state index < -0.39 is 5.92 Å². The Kier molecular flexibility index (Phi) is 5.18. The Morgan fingerprint density at radius 1 is 1.25 bits per heavy atom. The average molecular weight is 339 g/mol. The number of hydrogen-bond acceptors (Lipinski definition) is 3. The molecule has 1 aromatic heterocycles. The highest BCUT2D eigenvalue weighted by molar-refractivity contribution is 5.86. The summed E-state index contributed by atoms with van der Waals surface area (Å²) < 4.78 is 40.4. The molecule has 132 valence electrons. The van der Waals surface area contributed by atoms with Crippen LogP contribution in [0.3, 0.4) is 0 Å².